The van der Waals surface area contributed by atoms with Crippen molar-refractivity contribution in [3.8, 4) is 0 Å². The molecule has 0 saturated carbocycles. The highest BCUT2D eigenvalue weighted by molar-refractivity contribution is 5.04. The fourth-order valence-electron chi connectivity index (χ4n) is 0.751. The molecule has 1 aromatic heterocycles. The summed E-state index contributed by atoms with van der Waals surface area (Å²) in [5.74, 6) is 0. The lowest BCUT2D eigenvalue weighted by molar-refractivity contribution is 0.116. The normalized spacial score (nSPS) is 13.8. The van der Waals surface area contributed by atoms with Crippen molar-refractivity contribution in [1.29, 1.82) is 0 Å². The Kier molecular flexibility index (Phi) is 2.53. The van der Waals surface area contributed by atoms with E-state index in [1.807, 2.05) is 0 Å². The maximum atomic E-state index is 11.9. The van der Waals surface area contributed by atoms with Crippen LogP contribution in [0.4, 0.5) is 8.78 Å². The predicted molar refractivity (Wildman–Crippen MR) is 36.3 cm³/mol. The summed E-state index contributed by atoms with van der Waals surface area (Å²) in [6.45, 7) is 0. The molecule has 1 aromatic rings. The Balaban J connectivity index is 2.43. The van der Waals surface area contributed by atoms with Gasteiger partial charge in [0.1, 0.15) is 0 Å². The minimum atomic E-state index is -2.47. The first-order valence-electron chi connectivity index (χ1n) is 3.21. The zero-order valence-electron chi connectivity index (χ0n) is 5.80. The Morgan fingerprint density at radius 3 is 2.82 bits per heavy atom. The third-order valence-electron chi connectivity index (χ3n) is 1.35. The third kappa shape index (κ3) is 2.27. The molecule has 0 amide bonds. The molecule has 62 valence electrons. The topological polar surface area (TPSA) is 54.7 Å². The number of alkyl halides is 2. The second-order valence-corrected chi connectivity index (χ2v) is 2.31. The number of rotatable bonds is 3. The van der Waals surface area contributed by atoms with Crippen molar-refractivity contribution in [2.24, 2.45) is 5.73 Å². The molecular formula is C6H9F2N3. The third-order valence-corrected chi connectivity index (χ3v) is 1.35. The van der Waals surface area contributed by atoms with E-state index in [1.165, 1.54) is 6.20 Å². The number of hydrogen-bond acceptors (Lipinski definition) is 2. The second-order valence-electron chi connectivity index (χ2n) is 2.31. The number of hydrogen-bond donors (Lipinski definition) is 2. The summed E-state index contributed by atoms with van der Waals surface area (Å²) in [4.78, 5) is 0. The SMILES string of the molecule is NC(Cc1cn[nH]c1)C(F)F. The van der Waals surface area contributed by atoms with Crippen molar-refractivity contribution in [1.82, 2.24) is 10.2 Å². The summed E-state index contributed by atoms with van der Waals surface area (Å²) in [6, 6.07) is -1.09. The molecule has 0 aliphatic rings. The average molecular weight is 161 g/mol. The molecule has 1 unspecified atom stereocenters. The Hall–Kier alpha value is -0.970. The minimum absolute atomic E-state index is 0.161. The van der Waals surface area contributed by atoms with Gasteiger partial charge in [-0.05, 0) is 12.0 Å². The van der Waals surface area contributed by atoms with Crippen LogP contribution in [0, 0.1) is 0 Å². The van der Waals surface area contributed by atoms with Crippen LogP contribution in [-0.2, 0) is 6.42 Å². The Morgan fingerprint density at radius 2 is 2.36 bits per heavy atom. The molecule has 0 saturated heterocycles. The van der Waals surface area contributed by atoms with E-state index in [-0.39, 0.29) is 6.42 Å². The van der Waals surface area contributed by atoms with Crippen molar-refractivity contribution in [2.45, 2.75) is 18.9 Å². The second kappa shape index (κ2) is 3.43. The number of aromatic amines is 1. The van der Waals surface area contributed by atoms with Gasteiger partial charge in [-0.2, -0.15) is 5.10 Å². The molecular weight excluding hydrogens is 152 g/mol. The molecule has 5 heteroatoms. The average Bonchev–Trinajstić information content (AvgIpc) is 2.39. The smallest absolute Gasteiger partial charge is 0.253 e. The molecule has 3 nitrogen and oxygen atoms in total. The largest absolute Gasteiger partial charge is 0.323 e. The standard InChI is InChI=1S/C6H9F2N3/c7-6(8)5(9)1-4-2-10-11-3-4/h2-3,5-6H,1,9H2,(H,10,11). The molecule has 1 rings (SSSR count). The summed E-state index contributed by atoms with van der Waals surface area (Å²) in [5.41, 5.74) is 5.82. The molecule has 0 radical (unpaired) electrons. The molecule has 0 fully saturated rings. The molecule has 0 aromatic carbocycles. The van der Waals surface area contributed by atoms with Crippen LogP contribution in [0.1, 0.15) is 5.56 Å². The lowest BCUT2D eigenvalue weighted by atomic mass is 10.1. The van der Waals surface area contributed by atoms with Crippen LogP contribution in [0.25, 0.3) is 0 Å². The van der Waals surface area contributed by atoms with Crippen molar-refractivity contribution in [3.63, 3.8) is 0 Å². The van der Waals surface area contributed by atoms with E-state index in [2.05, 4.69) is 10.2 Å². The van der Waals surface area contributed by atoms with Gasteiger partial charge in [0.2, 0.25) is 0 Å². The minimum Gasteiger partial charge on any atom is -0.323 e. The molecule has 0 aliphatic carbocycles. The van der Waals surface area contributed by atoms with E-state index >= 15 is 0 Å². The molecule has 0 spiro atoms. The van der Waals surface area contributed by atoms with Gasteiger partial charge >= 0.3 is 0 Å². The van der Waals surface area contributed by atoms with E-state index in [4.69, 9.17) is 5.73 Å². The summed E-state index contributed by atoms with van der Waals surface area (Å²) in [5, 5.41) is 6.13. The summed E-state index contributed by atoms with van der Waals surface area (Å²) in [7, 11) is 0. The van der Waals surface area contributed by atoms with E-state index in [0.29, 0.717) is 5.56 Å². The molecule has 0 aliphatic heterocycles. The maximum Gasteiger partial charge on any atom is 0.253 e. The van der Waals surface area contributed by atoms with E-state index in [9.17, 15) is 8.78 Å². The number of H-pyrrole nitrogens is 1. The lowest BCUT2D eigenvalue weighted by Crippen LogP contribution is -2.30. The van der Waals surface area contributed by atoms with Crippen LogP contribution in [0.5, 0.6) is 0 Å². The van der Waals surface area contributed by atoms with Crippen LogP contribution >= 0.6 is 0 Å². The Bertz CT molecular complexity index is 198. The van der Waals surface area contributed by atoms with Crippen LogP contribution in [0.15, 0.2) is 12.4 Å². The van der Waals surface area contributed by atoms with Gasteiger partial charge in [-0.3, -0.25) is 5.10 Å². The number of nitrogens with two attached hydrogens (primary N) is 1. The summed E-state index contributed by atoms with van der Waals surface area (Å²) < 4.78 is 23.7. The highest BCUT2D eigenvalue weighted by atomic mass is 19.3. The molecule has 11 heavy (non-hydrogen) atoms. The summed E-state index contributed by atoms with van der Waals surface area (Å²) in [6.07, 6.45) is 0.739. The maximum absolute atomic E-state index is 11.9. The van der Waals surface area contributed by atoms with Gasteiger partial charge in [-0.15, -0.1) is 0 Å². The Labute approximate surface area is 62.6 Å². The van der Waals surface area contributed by atoms with Gasteiger partial charge < -0.3 is 5.73 Å². The van der Waals surface area contributed by atoms with Crippen molar-refractivity contribution < 1.29 is 8.78 Å². The van der Waals surface area contributed by atoms with Crippen LogP contribution in [0.2, 0.25) is 0 Å². The van der Waals surface area contributed by atoms with Crippen molar-refractivity contribution in [2.75, 3.05) is 0 Å². The number of nitrogens with zero attached hydrogens (tertiary/aromatic N) is 1. The van der Waals surface area contributed by atoms with Gasteiger partial charge in [-0.1, -0.05) is 0 Å². The highest BCUT2D eigenvalue weighted by Gasteiger charge is 2.15. The molecule has 1 atom stereocenters. The number of aromatic nitrogens is 2. The first kappa shape index (κ1) is 8.13. The number of halogens is 2. The van der Waals surface area contributed by atoms with E-state index < -0.39 is 12.5 Å². The van der Waals surface area contributed by atoms with Crippen LogP contribution < -0.4 is 5.73 Å². The first-order valence-corrected chi connectivity index (χ1v) is 3.21. The zero-order chi connectivity index (χ0) is 8.27. The van der Waals surface area contributed by atoms with Crippen LogP contribution in [0.3, 0.4) is 0 Å². The predicted octanol–water partition coefficient (Wildman–Crippen LogP) is 0.545. The first-order chi connectivity index (χ1) is 5.20. The Morgan fingerprint density at radius 1 is 1.64 bits per heavy atom. The molecule has 0 bridgehead atoms. The fourth-order valence-corrected chi connectivity index (χ4v) is 0.751. The van der Waals surface area contributed by atoms with Gasteiger partial charge in [0.15, 0.2) is 0 Å². The molecule has 1 heterocycles. The highest BCUT2D eigenvalue weighted by Crippen LogP contribution is 2.05. The quantitative estimate of drug-likeness (QED) is 0.680. The van der Waals surface area contributed by atoms with Gasteiger partial charge in [0, 0.05) is 6.20 Å². The number of nitrogens with one attached hydrogen (secondary N) is 1. The lowest BCUT2D eigenvalue weighted by Gasteiger charge is -2.07. The summed E-state index contributed by atoms with van der Waals surface area (Å²) >= 11 is 0. The zero-order valence-corrected chi connectivity index (χ0v) is 5.80. The monoisotopic (exact) mass is 161 g/mol. The van der Waals surface area contributed by atoms with Crippen molar-refractivity contribution in [3.05, 3.63) is 18.0 Å². The van der Waals surface area contributed by atoms with E-state index in [1.54, 1.807) is 6.20 Å². The van der Waals surface area contributed by atoms with Gasteiger partial charge in [0.25, 0.3) is 6.43 Å². The molecule has 3 N–H and O–H groups in total. The van der Waals surface area contributed by atoms with Crippen molar-refractivity contribution >= 4 is 0 Å². The fraction of sp³-hybridized carbons (Fsp3) is 0.500. The van der Waals surface area contributed by atoms with Crippen LogP contribution in [-0.4, -0.2) is 22.7 Å². The van der Waals surface area contributed by atoms with E-state index in [0.717, 1.165) is 0 Å². The van der Waals surface area contributed by atoms with Gasteiger partial charge in [0.05, 0.1) is 12.2 Å². The van der Waals surface area contributed by atoms with Gasteiger partial charge in [-0.25, -0.2) is 8.78 Å².